The number of hydrogen-bond donors (Lipinski definition) is 0. The Hall–Kier alpha value is -1.03. The third-order valence-corrected chi connectivity index (χ3v) is 3.09. The van der Waals surface area contributed by atoms with E-state index in [1.165, 1.54) is 17.8 Å². The van der Waals surface area contributed by atoms with Gasteiger partial charge in [0.1, 0.15) is 5.82 Å². The number of hydrogen-bond acceptors (Lipinski definition) is 3. The van der Waals surface area contributed by atoms with E-state index in [1.54, 1.807) is 13.0 Å². The maximum absolute atomic E-state index is 14.0. The average molecular weight is 242 g/mol. The van der Waals surface area contributed by atoms with Crippen LogP contribution < -0.4 is 0 Å². The molecule has 2 nitrogen and oxygen atoms in total. The van der Waals surface area contributed by atoms with Gasteiger partial charge in [0, 0.05) is 10.5 Å². The predicted octanol–water partition coefficient (Wildman–Crippen LogP) is 3.29. The minimum Gasteiger partial charge on any atom is -0.462 e. The molecule has 0 spiro atoms. The molecule has 1 aromatic rings. The molecule has 0 saturated heterocycles. The molecule has 1 rings (SSSR count). The summed E-state index contributed by atoms with van der Waals surface area (Å²) in [5.74, 6) is -1.05. The second-order valence-corrected chi connectivity index (χ2v) is 4.03. The quantitative estimate of drug-likeness (QED) is 0.598. The molecule has 0 amide bonds. The Morgan fingerprint density at radius 2 is 2.12 bits per heavy atom. The Morgan fingerprint density at radius 1 is 1.44 bits per heavy atom. The SMILES string of the molecule is CCOC(=O)c1ccc(SC)c(CC)c1F. The van der Waals surface area contributed by atoms with E-state index in [-0.39, 0.29) is 12.2 Å². The fourth-order valence-electron chi connectivity index (χ4n) is 1.49. The minimum atomic E-state index is -0.595. The van der Waals surface area contributed by atoms with E-state index in [1.807, 2.05) is 13.2 Å². The van der Waals surface area contributed by atoms with Gasteiger partial charge in [-0.25, -0.2) is 9.18 Å². The van der Waals surface area contributed by atoms with Gasteiger partial charge < -0.3 is 4.74 Å². The zero-order valence-corrected chi connectivity index (χ0v) is 10.5. The summed E-state index contributed by atoms with van der Waals surface area (Å²) in [5.41, 5.74) is 0.606. The van der Waals surface area contributed by atoms with Crippen molar-refractivity contribution in [2.24, 2.45) is 0 Å². The number of thioether (sulfide) groups is 1. The summed E-state index contributed by atoms with van der Waals surface area (Å²) in [6.07, 6.45) is 2.45. The summed E-state index contributed by atoms with van der Waals surface area (Å²) in [7, 11) is 0. The summed E-state index contributed by atoms with van der Waals surface area (Å²) in [6.45, 7) is 3.82. The maximum Gasteiger partial charge on any atom is 0.341 e. The Morgan fingerprint density at radius 3 is 2.62 bits per heavy atom. The van der Waals surface area contributed by atoms with Crippen molar-refractivity contribution in [1.29, 1.82) is 0 Å². The van der Waals surface area contributed by atoms with Crippen LogP contribution in [0.4, 0.5) is 4.39 Å². The van der Waals surface area contributed by atoms with Crippen molar-refractivity contribution in [3.05, 3.63) is 29.1 Å². The van der Waals surface area contributed by atoms with Crippen molar-refractivity contribution in [3.63, 3.8) is 0 Å². The first-order valence-corrected chi connectivity index (χ1v) is 6.40. The molecule has 0 heterocycles. The third kappa shape index (κ3) is 2.55. The molecule has 16 heavy (non-hydrogen) atoms. The molecule has 0 aliphatic heterocycles. The highest BCUT2D eigenvalue weighted by Crippen LogP contribution is 2.26. The van der Waals surface area contributed by atoms with Gasteiger partial charge in [0.15, 0.2) is 0 Å². The van der Waals surface area contributed by atoms with Crippen LogP contribution in [0, 0.1) is 5.82 Å². The molecule has 0 aliphatic rings. The molecule has 4 heteroatoms. The number of rotatable bonds is 4. The number of halogens is 1. The second-order valence-electron chi connectivity index (χ2n) is 3.18. The van der Waals surface area contributed by atoms with E-state index in [9.17, 15) is 9.18 Å². The third-order valence-electron chi connectivity index (χ3n) is 2.27. The van der Waals surface area contributed by atoms with Crippen molar-refractivity contribution in [3.8, 4) is 0 Å². The lowest BCUT2D eigenvalue weighted by Crippen LogP contribution is -2.09. The Kier molecular flexibility index (Phi) is 4.80. The molecule has 0 radical (unpaired) electrons. The fourth-order valence-corrected chi connectivity index (χ4v) is 2.18. The van der Waals surface area contributed by atoms with Gasteiger partial charge in [0.25, 0.3) is 0 Å². The fraction of sp³-hybridized carbons (Fsp3) is 0.417. The van der Waals surface area contributed by atoms with Crippen LogP contribution in [0.5, 0.6) is 0 Å². The van der Waals surface area contributed by atoms with Crippen molar-refractivity contribution >= 4 is 17.7 Å². The van der Waals surface area contributed by atoms with Crippen LogP contribution in [0.2, 0.25) is 0 Å². The van der Waals surface area contributed by atoms with Crippen LogP contribution in [-0.4, -0.2) is 18.8 Å². The maximum atomic E-state index is 14.0. The second kappa shape index (κ2) is 5.89. The van der Waals surface area contributed by atoms with Crippen LogP contribution in [0.1, 0.15) is 29.8 Å². The Labute approximate surface area is 99.2 Å². The van der Waals surface area contributed by atoms with E-state index < -0.39 is 11.8 Å². The van der Waals surface area contributed by atoms with E-state index in [4.69, 9.17) is 4.74 Å². The van der Waals surface area contributed by atoms with Crippen molar-refractivity contribution in [1.82, 2.24) is 0 Å². The molecule has 0 atom stereocenters. The monoisotopic (exact) mass is 242 g/mol. The highest BCUT2D eigenvalue weighted by molar-refractivity contribution is 7.98. The zero-order chi connectivity index (χ0) is 12.1. The van der Waals surface area contributed by atoms with Crippen LogP contribution in [0.25, 0.3) is 0 Å². The summed E-state index contributed by atoms with van der Waals surface area (Å²) in [6, 6.07) is 3.25. The van der Waals surface area contributed by atoms with Gasteiger partial charge in [0.05, 0.1) is 12.2 Å². The first-order valence-electron chi connectivity index (χ1n) is 5.18. The Balaban J connectivity index is 3.18. The van der Waals surface area contributed by atoms with E-state index in [0.29, 0.717) is 12.0 Å². The number of benzene rings is 1. The van der Waals surface area contributed by atoms with E-state index in [2.05, 4.69) is 0 Å². The molecular formula is C12H15FO2S. The minimum absolute atomic E-state index is 0.0245. The van der Waals surface area contributed by atoms with Crippen LogP contribution in [0.3, 0.4) is 0 Å². The van der Waals surface area contributed by atoms with Gasteiger partial charge in [-0.3, -0.25) is 0 Å². The van der Waals surface area contributed by atoms with Gasteiger partial charge in [0.2, 0.25) is 0 Å². The highest BCUT2D eigenvalue weighted by Gasteiger charge is 2.17. The molecule has 1 aromatic carbocycles. The van der Waals surface area contributed by atoms with Gasteiger partial charge in [-0.05, 0) is 31.7 Å². The molecule has 0 N–H and O–H groups in total. The summed E-state index contributed by atoms with van der Waals surface area (Å²) in [5, 5.41) is 0. The zero-order valence-electron chi connectivity index (χ0n) is 9.67. The van der Waals surface area contributed by atoms with Gasteiger partial charge in [-0.15, -0.1) is 11.8 Å². The summed E-state index contributed by atoms with van der Waals surface area (Å²) < 4.78 is 18.8. The number of carbonyl (C=O) groups is 1. The molecule has 0 unspecified atom stereocenters. The van der Waals surface area contributed by atoms with Crippen LogP contribution in [0.15, 0.2) is 17.0 Å². The lowest BCUT2D eigenvalue weighted by molar-refractivity contribution is 0.0520. The average Bonchev–Trinajstić information content (AvgIpc) is 2.28. The number of carbonyl (C=O) groups excluding carboxylic acids is 1. The first-order chi connectivity index (χ1) is 7.65. The lowest BCUT2D eigenvalue weighted by atomic mass is 10.1. The molecule has 0 saturated carbocycles. The number of esters is 1. The summed E-state index contributed by atoms with van der Waals surface area (Å²) in [4.78, 5) is 12.3. The smallest absolute Gasteiger partial charge is 0.341 e. The van der Waals surface area contributed by atoms with Gasteiger partial charge in [-0.1, -0.05) is 6.92 Å². The molecule has 0 aliphatic carbocycles. The van der Waals surface area contributed by atoms with Crippen LogP contribution >= 0.6 is 11.8 Å². The molecule has 88 valence electrons. The molecule has 0 bridgehead atoms. The topological polar surface area (TPSA) is 26.3 Å². The predicted molar refractivity (Wildman–Crippen MR) is 63.5 cm³/mol. The van der Waals surface area contributed by atoms with Crippen molar-refractivity contribution < 1.29 is 13.9 Å². The summed E-state index contributed by atoms with van der Waals surface area (Å²) >= 11 is 1.48. The van der Waals surface area contributed by atoms with E-state index >= 15 is 0 Å². The van der Waals surface area contributed by atoms with Crippen LogP contribution in [-0.2, 0) is 11.2 Å². The molecule has 0 aromatic heterocycles. The van der Waals surface area contributed by atoms with Crippen molar-refractivity contribution in [2.45, 2.75) is 25.2 Å². The van der Waals surface area contributed by atoms with Gasteiger partial charge in [-0.2, -0.15) is 0 Å². The largest absolute Gasteiger partial charge is 0.462 e. The van der Waals surface area contributed by atoms with E-state index in [0.717, 1.165) is 4.90 Å². The Bertz CT molecular complexity index is 391. The van der Waals surface area contributed by atoms with Crippen molar-refractivity contribution in [2.75, 3.05) is 12.9 Å². The normalized spacial score (nSPS) is 10.2. The molecule has 0 fully saturated rings. The standard InChI is InChI=1S/C12H15FO2S/c1-4-8-10(16-3)7-6-9(11(8)13)12(14)15-5-2/h6-7H,4-5H2,1-3H3. The number of ether oxygens (including phenoxy) is 1. The van der Waals surface area contributed by atoms with Gasteiger partial charge >= 0.3 is 5.97 Å². The molecular weight excluding hydrogens is 227 g/mol. The lowest BCUT2D eigenvalue weighted by Gasteiger charge is -2.10. The first kappa shape index (κ1) is 13.0. The highest BCUT2D eigenvalue weighted by atomic mass is 32.2.